The average molecular weight is 233 g/mol. The topological polar surface area (TPSA) is 52.5 Å². The van der Waals surface area contributed by atoms with E-state index < -0.39 is 0 Å². The molecule has 0 atom stereocenters. The lowest BCUT2D eigenvalue weighted by molar-refractivity contribution is 0.462. The lowest BCUT2D eigenvalue weighted by Crippen LogP contribution is -1.87. The summed E-state index contributed by atoms with van der Waals surface area (Å²) in [6.45, 7) is 0. The molecule has 16 heavy (non-hydrogen) atoms. The minimum absolute atomic E-state index is 0.186. The molecule has 2 aromatic carbocycles. The third-order valence-corrected chi connectivity index (χ3v) is 2.93. The van der Waals surface area contributed by atoms with Gasteiger partial charge in [-0.2, -0.15) is 0 Å². The minimum atomic E-state index is 0.186. The molecule has 0 amide bonds. The Labute approximate surface area is 97.9 Å². The number of hydrogen-bond donors (Lipinski definition) is 3. The molecule has 0 aromatic heterocycles. The van der Waals surface area contributed by atoms with Gasteiger partial charge in [-0.05, 0) is 36.2 Å². The van der Waals surface area contributed by atoms with Crippen molar-refractivity contribution in [3.05, 3.63) is 48.5 Å². The van der Waals surface area contributed by atoms with E-state index in [0.717, 1.165) is 0 Å². The Morgan fingerprint density at radius 3 is 2.12 bits per heavy atom. The molecular formula is C12H11NO2S. The second kappa shape index (κ2) is 4.81. The van der Waals surface area contributed by atoms with Crippen LogP contribution in [0.3, 0.4) is 0 Å². The zero-order valence-electron chi connectivity index (χ0n) is 8.42. The molecule has 0 saturated carbocycles. The van der Waals surface area contributed by atoms with Crippen molar-refractivity contribution in [3.8, 4) is 11.5 Å². The second-order valence-electron chi connectivity index (χ2n) is 3.19. The molecule has 0 radical (unpaired) electrons. The van der Waals surface area contributed by atoms with Crippen molar-refractivity contribution >= 4 is 17.6 Å². The Bertz CT molecular complexity index is 442. The highest BCUT2D eigenvalue weighted by atomic mass is 32.2. The molecule has 2 aromatic rings. The standard InChI is InChI=1S/C12H11NO2S/c14-10-6-2-1-5-9(10)13-16-12-8-4-3-7-11(12)15/h1-8,13-15H. The van der Waals surface area contributed by atoms with E-state index in [2.05, 4.69) is 4.72 Å². The van der Waals surface area contributed by atoms with E-state index in [0.29, 0.717) is 10.6 Å². The maximum Gasteiger partial charge on any atom is 0.139 e. The Hall–Kier alpha value is -1.81. The van der Waals surface area contributed by atoms with Gasteiger partial charge in [-0.25, -0.2) is 0 Å². The van der Waals surface area contributed by atoms with Gasteiger partial charge in [0, 0.05) is 0 Å². The van der Waals surface area contributed by atoms with E-state index in [9.17, 15) is 10.2 Å². The lowest BCUT2D eigenvalue weighted by Gasteiger charge is -2.07. The molecule has 0 aliphatic heterocycles. The van der Waals surface area contributed by atoms with Crippen molar-refractivity contribution in [2.24, 2.45) is 0 Å². The molecule has 0 bridgehead atoms. The third kappa shape index (κ3) is 2.41. The van der Waals surface area contributed by atoms with Crippen LogP contribution in [0.5, 0.6) is 11.5 Å². The van der Waals surface area contributed by atoms with Gasteiger partial charge >= 0.3 is 0 Å². The van der Waals surface area contributed by atoms with E-state index in [-0.39, 0.29) is 11.5 Å². The van der Waals surface area contributed by atoms with Gasteiger partial charge in [0.25, 0.3) is 0 Å². The summed E-state index contributed by atoms with van der Waals surface area (Å²) >= 11 is 1.25. The first-order valence-electron chi connectivity index (χ1n) is 4.76. The van der Waals surface area contributed by atoms with Crippen LogP contribution in [0.4, 0.5) is 5.69 Å². The Morgan fingerprint density at radius 2 is 1.44 bits per heavy atom. The van der Waals surface area contributed by atoms with Crippen LogP contribution in [-0.2, 0) is 0 Å². The van der Waals surface area contributed by atoms with Gasteiger partial charge in [-0.15, -0.1) is 0 Å². The smallest absolute Gasteiger partial charge is 0.139 e. The Balaban J connectivity index is 2.09. The predicted octanol–water partition coefficient (Wildman–Crippen LogP) is 3.22. The van der Waals surface area contributed by atoms with E-state index in [1.54, 1.807) is 36.4 Å². The zero-order chi connectivity index (χ0) is 11.4. The molecule has 0 saturated heterocycles. The number of phenols is 2. The van der Waals surface area contributed by atoms with Crippen molar-refractivity contribution in [3.63, 3.8) is 0 Å². The van der Waals surface area contributed by atoms with Crippen LogP contribution in [0.25, 0.3) is 0 Å². The van der Waals surface area contributed by atoms with Crippen LogP contribution in [0, 0.1) is 0 Å². The highest BCUT2D eigenvalue weighted by Gasteiger charge is 2.02. The van der Waals surface area contributed by atoms with E-state index in [1.807, 2.05) is 12.1 Å². The minimum Gasteiger partial charge on any atom is -0.507 e. The summed E-state index contributed by atoms with van der Waals surface area (Å²) < 4.78 is 2.98. The summed E-state index contributed by atoms with van der Waals surface area (Å²) in [5.41, 5.74) is 0.621. The van der Waals surface area contributed by atoms with Crippen LogP contribution in [-0.4, -0.2) is 10.2 Å². The predicted molar refractivity (Wildman–Crippen MR) is 65.7 cm³/mol. The molecule has 0 aliphatic carbocycles. The van der Waals surface area contributed by atoms with Gasteiger partial charge < -0.3 is 14.9 Å². The normalized spacial score (nSPS) is 10.0. The van der Waals surface area contributed by atoms with Gasteiger partial charge in [0.15, 0.2) is 0 Å². The molecule has 3 N–H and O–H groups in total. The van der Waals surface area contributed by atoms with Gasteiger partial charge in [0.2, 0.25) is 0 Å². The number of anilines is 1. The van der Waals surface area contributed by atoms with Crippen LogP contribution < -0.4 is 4.72 Å². The van der Waals surface area contributed by atoms with Crippen molar-refractivity contribution in [2.75, 3.05) is 4.72 Å². The fourth-order valence-electron chi connectivity index (χ4n) is 1.21. The van der Waals surface area contributed by atoms with Crippen LogP contribution >= 0.6 is 11.9 Å². The number of phenolic OH excluding ortho intramolecular Hbond substituents is 2. The molecule has 0 heterocycles. The van der Waals surface area contributed by atoms with Crippen molar-refractivity contribution in [1.82, 2.24) is 0 Å². The van der Waals surface area contributed by atoms with Crippen molar-refractivity contribution < 1.29 is 10.2 Å². The average Bonchev–Trinajstić information content (AvgIpc) is 2.30. The maximum atomic E-state index is 9.53. The first kappa shape index (κ1) is 10.7. The number of hydrogen-bond acceptors (Lipinski definition) is 4. The van der Waals surface area contributed by atoms with Crippen LogP contribution in [0.1, 0.15) is 0 Å². The quantitative estimate of drug-likeness (QED) is 0.563. The zero-order valence-corrected chi connectivity index (χ0v) is 9.24. The van der Waals surface area contributed by atoms with Crippen LogP contribution in [0.15, 0.2) is 53.4 Å². The third-order valence-electron chi connectivity index (χ3n) is 2.04. The number of benzene rings is 2. The largest absolute Gasteiger partial charge is 0.507 e. The summed E-state index contributed by atoms with van der Waals surface area (Å²) in [6.07, 6.45) is 0. The first-order chi connectivity index (χ1) is 7.77. The van der Waals surface area contributed by atoms with Gasteiger partial charge in [-0.3, -0.25) is 0 Å². The van der Waals surface area contributed by atoms with Gasteiger partial charge in [-0.1, -0.05) is 24.3 Å². The summed E-state index contributed by atoms with van der Waals surface area (Å²) in [5, 5.41) is 19.1. The van der Waals surface area contributed by atoms with E-state index in [1.165, 1.54) is 11.9 Å². The van der Waals surface area contributed by atoms with Gasteiger partial charge in [0.1, 0.15) is 11.5 Å². The number of rotatable bonds is 3. The first-order valence-corrected chi connectivity index (χ1v) is 5.58. The molecule has 82 valence electrons. The molecule has 0 aliphatic rings. The molecule has 2 rings (SSSR count). The molecule has 4 heteroatoms. The highest BCUT2D eigenvalue weighted by molar-refractivity contribution is 8.00. The number of para-hydroxylation sites is 3. The monoisotopic (exact) mass is 233 g/mol. The fraction of sp³-hybridized carbons (Fsp3) is 0. The highest BCUT2D eigenvalue weighted by Crippen LogP contribution is 2.31. The maximum absolute atomic E-state index is 9.53. The molecule has 0 fully saturated rings. The molecule has 0 spiro atoms. The van der Waals surface area contributed by atoms with E-state index in [4.69, 9.17) is 0 Å². The summed E-state index contributed by atoms with van der Waals surface area (Å²) in [6, 6.07) is 14.0. The summed E-state index contributed by atoms with van der Waals surface area (Å²) in [4.78, 5) is 0.714. The van der Waals surface area contributed by atoms with Crippen molar-refractivity contribution in [1.29, 1.82) is 0 Å². The molecule has 3 nitrogen and oxygen atoms in total. The molecular weight excluding hydrogens is 222 g/mol. The number of aromatic hydroxyl groups is 2. The second-order valence-corrected chi connectivity index (χ2v) is 4.04. The summed E-state index contributed by atoms with van der Waals surface area (Å²) in [5.74, 6) is 0.404. The van der Waals surface area contributed by atoms with Gasteiger partial charge in [0.05, 0.1) is 10.6 Å². The fourth-order valence-corrected chi connectivity index (χ4v) is 1.93. The SMILES string of the molecule is Oc1ccccc1NSc1ccccc1O. The Kier molecular flexibility index (Phi) is 3.22. The van der Waals surface area contributed by atoms with Crippen LogP contribution in [0.2, 0.25) is 0 Å². The van der Waals surface area contributed by atoms with Crippen molar-refractivity contribution in [2.45, 2.75) is 4.90 Å². The molecule has 0 unspecified atom stereocenters. The number of nitrogens with one attached hydrogen (secondary N) is 1. The Morgan fingerprint density at radius 1 is 0.812 bits per heavy atom. The lowest BCUT2D eigenvalue weighted by atomic mass is 10.3. The summed E-state index contributed by atoms with van der Waals surface area (Å²) in [7, 11) is 0. The van der Waals surface area contributed by atoms with E-state index >= 15 is 0 Å².